The predicted octanol–water partition coefficient (Wildman–Crippen LogP) is 3.35. The number of nitrogens with zero attached hydrogens (tertiary/aromatic N) is 1. The van der Waals surface area contributed by atoms with E-state index in [1.54, 1.807) is 0 Å². The van der Waals surface area contributed by atoms with Gasteiger partial charge in [0.2, 0.25) is 5.91 Å². The van der Waals surface area contributed by atoms with E-state index < -0.39 is 0 Å². The van der Waals surface area contributed by atoms with Crippen molar-refractivity contribution in [3.63, 3.8) is 0 Å². The first-order valence-corrected chi connectivity index (χ1v) is 7.79. The molecule has 0 atom stereocenters. The fraction of sp³-hybridized carbons (Fsp3) is 0.263. The van der Waals surface area contributed by atoms with Gasteiger partial charge < -0.3 is 9.73 Å². The minimum absolute atomic E-state index is 0.0534. The molecule has 4 heteroatoms. The monoisotopic (exact) mass is 308 g/mol. The summed E-state index contributed by atoms with van der Waals surface area (Å²) in [4.78, 5) is 16.4. The SMILES string of the molecule is Cc1nc2cc(CCNC(=O)Cc3ccccc3C)ccc2o1. The maximum atomic E-state index is 12.0. The Morgan fingerprint density at radius 2 is 2.00 bits per heavy atom. The number of carbonyl (C=O) groups excluding carboxylic acids is 1. The topological polar surface area (TPSA) is 55.1 Å². The van der Waals surface area contributed by atoms with E-state index in [4.69, 9.17) is 4.42 Å². The Kier molecular flexibility index (Phi) is 4.42. The largest absolute Gasteiger partial charge is 0.441 e. The minimum Gasteiger partial charge on any atom is -0.441 e. The van der Waals surface area contributed by atoms with Crippen LogP contribution in [0.5, 0.6) is 0 Å². The van der Waals surface area contributed by atoms with E-state index in [9.17, 15) is 4.79 Å². The molecule has 3 aromatic rings. The van der Waals surface area contributed by atoms with Crippen LogP contribution in [-0.2, 0) is 17.6 Å². The van der Waals surface area contributed by atoms with Crippen LogP contribution >= 0.6 is 0 Å². The molecule has 1 N–H and O–H groups in total. The maximum Gasteiger partial charge on any atom is 0.224 e. The third kappa shape index (κ3) is 3.77. The van der Waals surface area contributed by atoms with E-state index in [1.165, 1.54) is 0 Å². The van der Waals surface area contributed by atoms with Gasteiger partial charge in [0, 0.05) is 13.5 Å². The first kappa shape index (κ1) is 15.3. The molecule has 0 aliphatic heterocycles. The number of hydrogen-bond acceptors (Lipinski definition) is 3. The lowest BCUT2D eigenvalue weighted by atomic mass is 10.1. The van der Waals surface area contributed by atoms with Crippen molar-refractivity contribution in [2.24, 2.45) is 0 Å². The Bertz CT molecular complexity index is 836. The zero-order chi connectivity index (χ0) is 16.2. The second kappa shape index (κ2) is 6.65. The van der Waals surface area contributed by atoms with Gasteiger partial charge >= 0.3 is 0 Å². The number of fused-ring (bicyclic) bond motifs is 1. The molecule has 0 spiro atoms. The lowest BCUT2D eigenvalue weighted by Gasteiger charge is -2.07. The van der Waals surface area contributed by atoms with Crippen LogP contribution in [0.1, 0.15) is 22.6 Å². The first-order valence-electron chi connectivity index (χ1n) is 7.79. The minimum atomic E-state index is 0.0534. The molecule has 0 bridgehead atoms. The second-order valence-electron chi connectivity index (χ2n) is 5.74. The summed E-state index contributed by atoms with van der Waals surface area (Å²) in [5.74, 6) is 0.723. The molecule has 0 aliphatic rings. The number of nitrogens with one attached hydrogen (secondary N) is 1. The van der Waals surface area contributed by atoms with E-state index in [2.05, 4.69) is 10.3 Å². The van der Waals surface area contributed by atoms with Gasteiger partial charge in [-0.15, -0.1) is 0 Å². The van der Waals surface area contributed by atoms with E-state index in [0.717, 1.165) is 34.2 Å². The summed E-state index contributed by atoms with van der Waals surface area (Å²) in [6, 6.07) is 13.9. The van der Waals surface area contributed by atoms with E-state index in [1.807, 2.05) is 56.3 Å². The highest BCUT2D eigenvalue weighted by Crippen LogP contribution is 2.16. The zero-order valence-electron chi connectivity index (χ0n) is 13.4. The zero-order valence-corrected chi connectivity index (χ0v) is 13.4. The molecule has 0 saturated carbocycles. The van der Waals surface area contributed by atoms with Crippen LogP contribution in [0.25, 0.3) is 11.1 Å². The summed E-state index contributed by atoms with van der Waals surface area (Å²) in [6.07, 6.45) is 1.20. The lowest BCUT2D eigenvalue weighted by Crippen LogP contribution is -2.27. The van der Waals surface area contributed by atoms with Crippen LogP contribution in [0.4, 0.5) is 0 Å². The first-order chi connectivity index (χ1) is 11.1. The number of hydrogen-bond donors (Lipinski definition) is 1. The number of aryl methyl sites for hydroxylation is 2. The molecular formula is C19H20N2O2. The summed E-state index contributed by atoms with van der Waals surface area (Å²) in [5, 5.41) is 2.98. The van der Waals surface area contributed by atoms with Crippen molar-refractivity contribution >= 4 is 17.0 Å². The van der Waals surface area contributed by atoms with Gasteiger partial charge in [-0.2, -0.15) is 0 Å². The molecule has 0 saturated heterocycles. The normalized spacial score (nSPS) is 10.9. The lowest BCUT2D eigenvalue weighted by molar-refractivity contribution is -0.120. The van der Waals surface area contributed by atoms with Crippen LogP contribution < -0.4 is 5.32 Å². The van der Waals surface area contributed by atoms with Crippen molar-refractivity contribution in [3.8, 4) is 0 Å². The average Bonchev–Trinajstić information content (AvgIpc) is 2.89. The Morgan fingerprint density at radius 1 is 1.17 bits per heavy atom. The molecule has 2 aromatic carbocycles. The smallest absolute Gasteiger partial charge is 0.224 e. The van der Waals surface area contributed by atoms with Gasteiger partial charge in [-0.3, -0.25) is 4.79 Å². The number of benzene rings is 2. The molecule has 4 nitrogen and oxygen atoms in total. The summed E-state index contributed by atoms with van der Waals surface area (Å²) < 4.78 is 5.46. The molecule has 118 valence electrons. The predicted molar refractivity (Wildman–Crippen MR) is 90.3 cm³/mol. The van der Waals surface area contributed by atoms with Crippen molar-refractivity contribution in [1.29, 1.82) is 0 Å². The number of carbonyl (C=O) groups is 1. The number of rotatable bonds is 5. The fourth-order valence-electron chi connectivity index (χ4n) is 2.63. The highest BCUT2D eigenvalue weighted by Gasteiger charge is 2.06. The van der Waals surface area contributed by atoms with Gasteiger partial charge in [0.15, 0.2) is 11.5 Å². The molecule has 3 rings (SSSR count). The third-order valence-corrected chi connectivity index (χ3v) is 3.91. The average molecular weight is 308 g/mol. The highest BCUT2D eigenvalue weighted by atomic mass is 16.3. The van der Waals surface area contributed by atoms with Gasteiger partial charge in [-0.25, -0.2) is 4.98 Å². The molecule has 1 amide bonds. The summed E-state index contributed by atoms with van der Waals surface area (Å²) in [7, 11) is 0. The Morgan fingerprint density at radius 3 is 2.83 bits per heavy atom. The van der Waals surface area contributed by atoms with E-state index in [0.29, 0.717) is 18.9 Å². The van der Waals surface area contributed by atoms with Crippen molar-refractivity contribution in [2.45, 2.75) is 26.7 Å². The summed E-state index contributed by atoms with van der Waals surface area (Å²) in [5.41, 5.74) is 5.03. The van der Waals surface area contributed by atoms with E-state index in [-0.39, 0.29) is 5.91 Å². The number of oxazole rings is 1. The Hall–Kier alpha value is -2.62. The molecule has 1 aromatic heterocycles. The molecule has 0 aliphatic carbocycles. The Balaban J connectivity index is 1.53. The van der Waals surface area contributed by atoms with Crippen molar-refractivity contribution in [2.75, 3.05) is 6.54 Å². The Labute approximate surface area is 135 Å². The van der Waals surface area contributed by atoms with Crippen LogP contribution in [0.3, 0.4) is 0 Å². The van der Waals surface area contributed by atoms with Gasteiger partial charge in [0.25, 0.3) is 0 Å². The standard InChI is InChI=1S/C19H20N2O2/c1-13-5-3-4-6-16(13)12-19(22)20-10-9-15-7-8-18-17(11-15)21-14(2)23-18/h3-8,11H,9-10,12H2,1-2H3,(H,20,22). The van der Waals surface area contributed by atoms with Gasteiger partial charge in [0.05, 0.1) is 6.42 Å². The van der Waals surface area contributed by atoms with Crippen molar-refractivity contribution in [3.05, 3.63) is 65.0 Å². The van der Waals surface area contributed by atoms with Gasteiger partial charge in [-0.05, 0) is 42.2 Å². The van der Waals surface area contributed by atoms with Crippen molar-refractivity contribution in [1.82, 2.24) is 10.3 Å². The van der Waals surface area contributed by atoms with Crippen LogP contribution in [0, 0.1) is 13.8 Å². The molecule has 1 heterocycles. The number of amides is 1. The second-order valence-corrected chi connectivity index (χ2v) is 5.74. The summed E-state index contributed by atoms with van der Waals surface area (Å²) >= 11 is 0. The highest BCUT2D eigenvalue weighted by molar-refractivity contribution is 5.79. The summed E-state index contributed by atoms with van der Waals surface area (Å²) in [6.45, 7) is 4.48. The van der Waals surface area contributed by atoms with Crippen LogP contribution in [0.15, 0.2) is 46.9 Å². The van der Waals surface area contributed by atoms with Gasteiger partial charge in [0.1, 0.15) is 5.52 Å². The third-order valence-electron chi connectivity index (χ3n) is 3.91. The maximum absolute atomic E-state index is 12.0. The van der Waals surface area contributed by atoms with Crippen LogP contribution in [0.2, 0.25) is 0 Å². The molecule has 23 heavy (non-hydrogen) atoms. The molecule has 0 fully saturated rings. The van der Waals surface area contributed by atoms with Gasteiger partial charge in [-0.1, -0.05) is 30.3 Å². The molecule has 0 radical (unpaired) electrons. The molecular weight excluding hydrogens is 288 g/mol. The van der Waals surface area contributed by atoms with E-state index >= 15 is 0 Å². The van der Waals surface area contributed by atoms with Crippen LogP contribution in [-0.4, -0.2) is 17.4 Å². The fourth-order valence-corrected chi connectivity index (χ4v) is 2.63. The number of aromatic nitrogens is 1. The van der Waals surface area contributed by atoms with Crippen molar-refractivity contribution < 1.29 is 9.21 Å². The molecule has 0 unspecified atom stereocenters. The quantitative estimate of drug-likeness (QED) is 0.786.